The standard InChI is InChI=1S/C24H26N2O5/c1-15(2)20(25-21(27)17-10-5-4-9-16(17)3)24(30)31-14-8-13-26-22(28)18-11-6-7-12-19(18)23(26)29/h4-7,9-12,15,20H,8,13-14H2,1-3H3,(H,25,27)/t20-/m0/s1. The summed E-state index contributed by atoms with van der Waals surface area (Å²) in [6.07, 6.45) is 0.313. The normalized spacial score (nSPS) is 13.9. The number of ether oxygens (including phenoxy) is 1. The number of carbonyl (C=O) groups is 4. The summed E-state index contributed by atoms with van der Waals surface area (Å²) in [7, 11) is 0. The van der Waals surface area contributed by atoms with Gasteiger partial charge in [0.1, 0.15) is 6.04 Å². The number of carbonyl (C=O) groups excluding carboxylic acids is 4. The zero-order chi connectivity index (χ0) is 22.5. The number of hydrogen-bond donors (Lipinski definition) is 1. The minimum atomic E-state index is -0.800. The van der Waals surface area contributed by atoms with Crippen molar-refractivity contribution in [1.82, 2.24) is 10.2 Å². The van der Waals surface area contributed by atoms with E-state index in [9.17, 15) is 19.2 Å². The van der Waals surface area contributed by atoms with Gasteiger partial charge in [-0.25, -0.2) is 4.79 Å². The summed E-state index contributed by atoms with van der Waals surface area (Å²) < 4.78 is 5.34. The van der Waals surface area contributed by atoms with Gasteiger partial charge < -0.3 is 10.1 Å². The van der Waals surface area contributed by atoms with Crippen molar-refractivity contribution in [3.05, 3.63) is 70.8 Å². The SMILES string of the molecule is Cc1ccccc1C(=O)N[C@H](C(=O)OCCCN1C(=O)c2ccccc2C1=O)C(C)C. The average Bonchev–Trinajstić information content (AvgIpc) is 2.99. The fourth-order valence-corrected chi connectivity index (χ4v) is 3.47. The highest BCUT2D eigenvalue weighted by atomic mass is 16.5. The molecule has 0 spiro atoms. The second kappa shape index (κ2) is 9.55. The van der Waals surface area contributed by atoms with Crippen LogP contribution in [0.1, 0.15) is 56.9 Å². The molecule has 7 heteroatoms. The Morgan fingerprint density at radius 3 is 2.13 bits per heavy atom. The Labute approximate surface area is 181 Å². The van der Waals surface area contributed by atoms with E-state index in [4.69, 9.17) is 4.74 Å². The molecule has 0 aromatic heterocycles. The monoisotopic (exact) mass is 422 g/mol. The Morgan fingerprint density at radius 2 is 1.55 bits per heavy atom. The summed E-state index contributed by atoms with van der Waals surface area (Å²) in [5.74, 6) is -1.72. The zero-order valence-electron chi connectivity index (χ0n) is 17.9. The Morgan fingerprint density at radius 1 is 0.968 bits per heavy atom. The molecule has 31 heavy (non-hydrogen) atoms. The first-order chi connectivity index (χ1) is 14.8. The van der Waals surface area contributed by atoms with Crippen LogP contribution in [0.25, 0.3) is 0 Å². The highest BCUT2D eigenvalue weighted by molar-refractivity contribution is 6.21. The summed E-state index contributed by atoms with van der Waals surface area (Å²) in [5, 5.41) is 2.75. The van der Waals surface area contributed by atoms with Crippen molar-refractivity contribution in [2.24, 2.45) is 5.92 Å². The number of rotatable bonds is 8. The number of nitrogens with zero attached hydrogens (tertiary/aromatic N) is 1. The van der Waals surface area contributed by atoms with Crippen molar-refractivity contribution in [2.45, 2.75) is 33.2 Å². The Kier molecular flexibility index (Phi) is 6.84. The minimum Gasteiger partial charge on any atom is -0.464 e. The van der Waals surface area contributed by atoms with Crippen molar-refractivity contribution < 1.29 is 23.9 Å². The van der Waals surface area contributed by atoms with Crippen molar-refractivity contribution >= 4 is 23.7 Å². The van der Waals surface area contributed by atoms with Gasteiger partial charge in [-0.2, -0.15) is 0 Å². The summed E-state index contributed by atoms with van der Waals surface area (Å²) in [5.41, 5.74) is 2.11. The number of amides is 3. The van der Waals surface area contributed by atoms with Crippen LogP contribution in [0.15, 0.2) is 48.5 Å². The number of benzene rings is 2. The molecule has 0 fully saturated rings. The number of aryl methyl sites for hydroxylation is 1. The van der Waals surface area contributed by atoms with Crippen molar-refractivity contribution in [1.29, 1.82) is 0 Å². The predicted molar refractivity (Wildman–Crippen MR) is 115 cm³/mol. The molecule has 0 saturated heterocycles. The summed E-state index contributed by atoms with van der Waals surface area (Å²) in [4.78, 5) is 51.0. The van der Waals surface area contributed by atoms with Gasteiger partial charge in [-0.15, -0.1) is 0 Å². The molecule has 162 valence electrons. The molecule has 0 bridgehead atoms. The largest absolute Gasteiger partial charge is 0.464 e. The van der Waals surface area contributed by atoms with Gasteiger partial charge in [0.2, 0.25) is 0 Å². The van der Waals surface area contributed by atoms with E-state index in [1.165, 1.54) is 4.90 Å². The van der Waals surface area contributed by atoms with Crippen LogP contribution in [0, 0.1) is 12.8 Å². The van der Waals surface area contributed by atoms with Crippen molar-refractivity contribution in [3.8, 4) is 0 Å². The maximum absolute atomic E-state index is 12.6. The van der Waals surface area contributed by atoms with E-state index in [0.717, 1.165) is 5.56 Å². The van der Waals surface area contributed by atoms with Crippen LogP contribution >= 0.6 is 0 Å². The molecule has 1 atom stereocenters. The summed E-state index contributed by atoms with van der Waals surface area (Å²) in [6.45, 7) is 5.67. The lowest BCUT2D eigenvalue weighted by Crippen LogP contribution is -2.45. The lowest BCUT2D eigenvalue weighted by molar-refractivity contribution is -0.147. The zero-order valence-corrected chi connectivity index (χ0v) is 17.9. The van der Waals surface area contributed by atoms with Crippen LogP contribution in [-0.4, -0.2) is 47.8 Å². The van der Waals surface area contributed by atoms with E-state index < -0.39 is 12.0 Å². The third-order valence-electron chi connectivity index (χ3n) is 5.25. The Bertz CT molecular complexity index is 980. The molecule has 1 aliphatic rings. The van der Waals surface area contributed by atoms with Gasteiger partial charge in [0.25, 0.3) is 17.7 Å². The van der Waals surface area contributed by atoms with Gasteiger partial charge in [-0.1, -0.05) is 44.2 Å². The van der Waals surface area contributed by atoms with Crippen LogP contribution < -0.4 is 5.32 Å². The van der Waals surface area contributed by atoms with Crippen LogP contribution in [0.2, 0.25) is 0 Å². The van der Waals surface area contributed by atoms with Crippen molar-refractivity contribution in [2.75, 3.05) is 13.2 Å². The van der Waals surface area contributed by atoms with Crippen molar-refractivity contribution in [3.63, 3.8) is 0 Å². The first-order valence-electron chi connectivity index (χ1n) is 10.3. The summed E-state index contributed by atoms with van der Waals surface area (Å²) in [6, 6.07) is 13.0. The Hall–Kier alpha value is -3.48. The minimum absolute atomic E-state index is 0.0374. The number of hydrogen-bond acceptors (Lipinski definition) is 5. The van der Waals surface area contributed by atoms with E-state index in [2.05, 4.69) is 5.32 Å². The topological polar surface area (TPSA) is 92.8 Å². The van der Waals surface area contributed by atoms with Crippen LogP contribution in [-0.2, 0) is 9.53 Å². The van der Waals surface area contributed by atoms with E-state index in [0.29, 0.717) is 23.1 Å². The molecule has 1 heterocycles. The molecule has 0 unspecified atom stereocenters. The molecular weight excluding hydrogens is 396 g/mol. The molecule has 2 aromatic carbocycles. The fraction of sp³-hybridized carbons (Fsp3) is 0.333. The second-order valence-electron chi connectivity index (χ2n) is 7.84. The van der Waals surface area contributed by atoms with E-state index in [1.807, 2.05) is 32.9 Å². The van der Waals surface area contributed by atoms with Crippen LogP contribution in [0.4, 0.5) is 0 Å². The number of imide groups is 1. The van der Waals surface area contributed by atoms with E-state index >= 15 is 0 Å². The first kappa shape index (κ1) is 22.2. The summed E-state index contributed by atoms with van der Waals surface area (Å²) >= 11 is 0. The fourth-order valence-electron chi connectivity index (χ4n) is 3.47. The molecule has 3 amide bonds. The third-order valence-corrected chi connectivity index (χ3v) is 5.25. The second-order valence-corrected chi connectivity index (χ2v) is 7.84. The van der Waals surface area contributed by atoms with Gasteiger partial charge in [-0.05, 0) is 43.0 Å². The van der Waals surface area contributed by atoms with Crippen LogP contribution in [0.5, 0.6) is 0 Å². The molecule has 0 aliphatic carbocycles. The van der Waals surface area contributed by atoms with Gasteiger partial charge in [0.05, 0.1) is 17.7 Å². The number of nitrogens with one attached hydrogen (secondary N) is 1. The molecule has 2 aromatic rings. The lowest BCUT2D eigenvalue weighted by Gasteiger charge is -2.21. The molecule has 0 radical (unpaired) electrons. The number of fused-ring (bicyclic) bond motifs is 1. The maximum atomic E-state index is 12.6. The maximum Gasteiger partial charge on any atom is 0.328 e. The molecule has 3 rings (SSSR count). The Balaban J connectivity index is 1.52. The molecule has 0 saturated carbocycles. The van der Waals surface area contributed by atoms with Gasteiger partial charge in [-0.3, -0.25) is 19.3 Å². The molecule has 1 aliphatic heterocycles. The molecule has 7 nitrogen and oxygen atoms in total. The molecular formula is C24H26N2O5. The quantitative estimate of drug-likeness (QED) is 0.401. The van der Waals surface area contributed by atoms with Gasteiger partial charge in [0.15, 0.2) is 0 Å². The highest BCUT2D eigenvalue weighted by Crippen LogP contribution is 2.22. The highest BCUT2D eigenvalue weighted by Gasteiger charge is 2.34. The van der Waals surface area contributed by atoms with Gasteiger partial charge in [0, 0.05) is 12.1 Å². The van der Waals surface area contributed by atoms with Gasteiger partial charge >= 0.3 is 5.97 Å². The molecule has 1 N–H and O–H groups in total. The predicted octanol–water partition coefficient (Wildman–Crippen LogP) is 2.98. The lowest BCUT2D eigenvalue weighted by atomic mass is 10.0. The van der Waals surface area contributed by atoms with Crippen LogP contribution in [0.3, 0.4) is 0 Å². The number of esters is 1. The van der Waals surface area contributed by atoms with E-state index in [-0.39, 0.29) is 36.8 Å². The smallest absolute Gasteiger partial charge is 0.328 e. The first-order valence-corrected chi connectivity index (χ1v) is 10.3. The third kappa shape index (κ3) is 4.82. The van der Waals surface area contributed by atoms with E-state index in [1.54, 1.807) is 36.4 Å². The average molecular weight is 422 g/mol.